The van der Waals surface area contributed by atoms with E-state index in [1.54, 1.807) is 0 Å². The van der Waals surface area contributed by atoms with Gasteiger partial charge in [-0.3, -0.25) is 0 Å². The molecule has 7 nitrogen and oxygen atoms in total. The average Bonchev–Trinajstić information content (AvgIpc) is 2.87. The van der Waals surface area contributed by atoms with Crippen LogP contribution in [0.15, 0.2) is 42.5 Å². The Balaban J connectivity index is 1.64. The predicted octanol–water partition coefficient (Wildman–Crippen LogP) is 5.50. The fourth-order valence-electron chi connectivity index (χ4n) is 4.72. The summed E-state index contributed by atoms with van der Waals surface area (Å²) < 4.78 is 92.2. The Labute approximate surface area is 218 Å². The smallest absolute Gasteiger partial charge is 0.230 e. The molecule has 1 atom stereocenters. The first-order valence-corrected chi connectivity index (χ1v) is 13.5. The fourth-order valence-corrected chi connectivity index (χ4v) is 5.25. The van der Waals surface area contributed by atoms with E-state index in [9.17, 15) is 21.6 Å². The van der Waals surface area contributed by atoms with Crippen LogP contribution in [0, 0.1) is 17.6 Å². The van der Waals surface area contributed by atoms with Crippen molar-refractivity contribution >= 4 is 10.0 Å². The molecule has 0 aliphatic heterocycles. The zero-order valence-electron chi connectivity index (χ0n) is 20.8. The first-order valence-electron chi connectivity index (χ1n) is 11.9. The topological polar surface area (TPSA) is 104 Å². The van der Waals surface area contributed by atoms with E-state index in [1.807, 2.05) is 18.2 Å². The fraction of sp³-hybridized carbons (Fsp3) is 0.385. The normalized spacial score (nSPS) is 20.7. The Kier molecular flexibility index (Phi) is 7.93. The minimum atomic E-state index is -4.44. The molecule has 0 spiro atoms. The molecule has 1 aliphatic carbocycles. The third-order valence-electron chi connectivity index (χ3n) is 7.03. The van der Waals surface area contributed by atoms with Crippen molar-refractivity contribution in [1.29, 1.82) is 0 Å². The van der Waals surface area contributed by atoms with Crippen LogP contribution in [-0.2, 0) is 15.4 Å². The maximum absolute atomic E-state index is 15.6. The maximum Gasteiger partial charge on any atom is 0.230 e. The summed E-state index contributed by atoms with van der Waals surface area (Å²) in [5.41, 5.74) is -1.49. The summed E-state index contributed by atoms with van der Waals surface area (Å²) in [4.78, 5) is 7.31. The molecule has 1 saturated carbocycles. The van der Waals surface area contributed by atoms with Gasteiger partial charge in [0.15, 0.2) is 0 Å². The summed E-state index contributed by atoms with van der Waals surface area (Å²) >= 11 is 0. The van der Waals surface area contributed by atoms with Crippen molar-refractivity contribution in [3.63, 3.8) is 0 Å². The molecular weight excluding hydrogens is 526 g/mol. The number of halogens is 4. The highest BCUT2D eigenvalue weighted by Gasteiger charge is 2.35. The average molecular weight is 554 g/mol. The van der Waals surface area contributed by atoms with Crippen LogP contribution in [0.5, 0.6) is 11.8 Å². The van der Waals surface area contributed by atoms with Crippen molar-refractivity contribution in [3.05, 3.63) is 71.2 Å². The molecule has 1 unspecified atom stereocenters. The Morgan fingerprint density at radius 1 is 1.08 bits per heavy atom. The number of nitrogens with two attached hydrogens (primary N) is 1. The highest BCUT2D eigenvalue weighted by atomic mass is 32.2. The maximum atomic E-state index is 15.6. The van der Waals surface area contributed by atoms with Crippen LogP contribution in [0.1, 0.15) is 55.9 Å². The molecule has 2 aromatic heterocycles. The van der Waals surface area contributed by atoms with Gasteiger partial charge in [-0.15, -0.1) is 0 Å². The molecule has 38 heavy (non-hydrogen) atoms. The number of ether oxygens (including phenoxy) is 2. The molecule has 2 N–H and O–H groups in total. The van der Waals surface area contributed by atoms with E-state index in [0.717, 1.165) is 25.8 Å². The van der Waals surface area contributed by atoms with Gasteiger partial charge in [0.2, 0.25) is 34.6 Å². The Morgan fingerprint density at radius 3 is 2.34 bits per heavy atom. The molecular formula is C26H27F4N3O4S. The van der Waals surface area contributed by atoms with E-state index in [2.05, 4.69) is 33.8 Å². The lowest BCUT2D eigenvalue weighted by Crippen LogP contribution is -2.33. The van der Waals surface area contributed by atoms with Crippen molar-refractivity contribution in [3.8, 4) is 23.0 Å². The van der Waals surface area contributed by atoms with Gasteiger partial charge in [-0.05, 0) is 49.7 Å². The van der Waals surface area contributed by atoms with Gasteiger partial charge >= 0.3 is 0 Å². The molecule has 0 radical (unpaired) electrons. The van der Waals surface area contributed by atoms with Crippen molar-refractivity contribution in [2.45, 2.75) is 56.3 Å². The lowest BCUT2D eigenvalue weighted by Gasteiger charge is -2.37. The first-order chi connectivity index (χ1) is 17.9. The van der Waals surface area contributed by atoms with Crippen LogP contribution in [0.4, 0.5) is 17.6 Å². The molecule has 4 rings (SSSR count). The number of nitrogens with zero attached hydrogens (tertiary/aromatic N) is 2. The molecule has 1 aromatic carbocycles. The Bertz CT molecular complexity index is 1420. The van der Waals surface area contributed by atoms with Gasteiger partial charge in [-0.2, -0.15) is 9.37 Å². The largest absolute Gasteiger partial charge is 0.474 e. The molecule has 204 valence electrons. The summed E-state index contributed by atoms with van der Waals surface area (Å²) in [5, 5.41) is 3.31. The number of hydrogen-bond donors (Lipinski definition) is 1. The van der Waals surface area contributed by atoms with E-state index < -0.39 is 62.4 Å². The lowest BCUT2D eigenvalue weighted by atomic mass is 9.70. The summed E-state index contributed by atoms with van der Waals surface area (Å²) in [6.45, 7) is 1.62. The highest BCUT2D eigenvalue weighted by molar-refractivity contribution is 7.89. The van der Waals surface area contributed by atoms with Gasteiger partial charge in [-0.1, -0.05) is 37.3 Å². The minimum absolute atomic E-state index is 0.0275. The number of alkyl halides is 1. The van der Waals surface area contributed by atoms with Crippen LogP contribution in [0.25, 0.3) is 11.3 Å². The number of pyridine rings is 2. The molecule has 0 amide bonds. The zero-order chi connectivity index (χ0) is 27.7. The summed E-state index contributed by atoms with van der Waals surface area (Å²) in [5.74, 6) is -5.24. The van der Waals surface area contributed by atoms with Crippen LogP contribution >= 0.6 is 0 Å². The SMILES string of the molecule is CC(c1c(OCF)nc(F)c(-c2nc(OC3CCC(C)(c4ccccc4)CC3)ccc2F)c1F)S(N)(=O)=O. The predicted molar refractivity (Wildman–Crippen MR) is 132 cm³/mol. The van der Waals surface area contributed by atoms with Gasteiger partial charge in [0.05, 0.1) is 11.1 Å². The molecule has 1 aliphatic rings. The molecule has 3 aromatic rings. The van der Waals surface area contributed by atoms with E-state index in [0.29, 0.717) is 12.8 Å². The number of aromatic nitrogens is 2. The van der Waals surface area contributed by atoms with E-state index in [1.165, 1.54) is 11.6 Å². The third kappa shape index (κ3) is 5.60. The second-order valence-electron chi connectivity index (χ2n) is 9.52. The third-order valence-corrected chi connectivity index (χ3v) is 8.26. The van der Waals surface area contributed by atoms with Gasteiger partial charge < -0.3 is 9.47 Å². The monoisotopic (exact) mass is 553 g/mol. The number of rotatable bonds is 8. The van der Waals surface area contributed by atoms with Crippen LogP contribution < -0.4 is 14.6 Å². The van der Waals surface area contributed by atoms with Crippen molar-refractivity contribution < 1.29 is 35.5 Å². The van der Waals surface area contributed by atoms with Crippen LogP contribution in [0.3, 0.4) is 0 Å². The molecule has 0 bridgehead atoms. The summed E-state index contributed by atoms with van der Waals surface area (Å²) in [6, 6.07) is 12.3. The molecule has 1 fully saturated rings. The van der Waals surface area contributed by atoms with Gasteiger partial charge in [0.25, 0.3) is 0 Å². The molecule has 12 heteroatoms. The standard InChI is InChI=1S/C26H27F4N3O4S/c1-15(38(31,34)35)20-22(29)21(24(30)33-25(20)36-14-27)23-18(28)8-9-19(32-23)37-17-10-12-26(2,13-11-17)16-6-4-3-5-7-16/h3-9,15,17H,10-14H2,1-2H3,(H2,31,34,35). The quantitative estimate of drug-likeness (QED) is 0.292. The molecule has 2 heterocycles. The lowest BCUT2D eigenvalue weighted by molar-refractivity contribution is 0.117. The van der Waals surface area contributed by atoms with Gasteiger partial charge in [0, 0.05) is 6.07 Å². The van der Waals surface area contributed by atoms with Crippen LogP contribution in [0.2, 0.25) is 0 Å². The van der Waals surface area contributed by atoms with Gasteiger partial charge in [0.1, 0.15) is 28.7 Å². The zero-order valence-corrected chi connectivity index (χ0v) is 21.6. The second kappa shape index (κ2) is 10.9. The van der Waals surface area contributed by atoms with Crippen LogP contribution in [-0.4, -0.2) is 31.4 Å². The van der Waals surface area contributed by atoms with E-state index >= 15 is 4.39 Å². The first kappa shape index (κ1) is 27.8. The number of primary sulfonamides is 1. The minimum Gasteiger partial charge on any atom is -0.474 e. The number of benzene rings is 1. The van der Waals surface area contributed by atoms with Crippen molar-refractivity contribution in [1.82, 2.24) is 9.97 Å². The Hall–Kier alpha value is -3.25. The summed E-state index contributed by atoms with van der Waals surface area (Å²) in [7, 11) is -4.44. The van der Waals surface area contributed by atoms with Gasteiger partial charge in [-0.25, -0.2) is 31.7 Å². The number of hydrogen-bond acceptors (Lipinski definition) is 6. The second-order valence-corrected chi connectivity index (χ2v) is 11.4. The van der Waals surface area contributed by atoms with E-state index in [-0.39, 0.29) is 17.4 Å². The van der Waals surface area contributed by atoms with Crippen molar-refractivity contribution in [2.75, 3.05) is 6.86 Å². The van der Waals surface area contributed by atoms with Crippen molar-refractivity contribution in [2.24, 2.45) is 5.14 Å². The van der Waals surface area contributed by atoms with E-state index in [4.69, 9.17) is 9.88 Å². The highest BCUT2D eigenvalue weighted by Crippen LogP contribution is 2.41. The molecule has 0 saturated heterocycles. The number of sulfonamides is 1. The summed E-state index contributed by atoms with van der Waals surface area (Å²) in [6.07, 6.45) is 2.75. The Morgan fingerprint density at radius 2 is 1.74 bits per heavy atom.